The molecule has 262 valence electrons. The molecule has 56 heavy (non-hydrogen) atoms. The second-order valence-corrected chi connectivity index (χ2v) is 15.8. The minimum Gasteiger partial charge on any atom is -0.247 e. The molecular weight excluding hydrogens is 721 g/mol. The molecule has 0 fully saturated rings. The first kappa shape index (κ1) is 32.6. The molecule has 0 amide bonds. The number of benzene rings is 7. The molecule has 0 aliphatic heterocycles. The van der Waals surface area contributed by atoms with Gasteiger partial charge in [0.2, 0.25) is 0 Å². The van der Waals surface area contributed by atoms with E-state index in [0.29, 0.717) is 17.5 Å². The SMILES string of the molecule is c1ccc(-c2nc(-c3ccccc3)nc(-c3ccc(-c4sc5c(c(-c6ccccc6)nc6ccccc65)c4-c4cccc5c4sc4ccccc45)cc3)n2)cc1. The number of aromatic nitrogens is 4. The first-order chi connectivity index (χ1) is 27.8. The molecule has 11 rings (SSSR count). The number of para-hydroxylation sites is 1. The number of fused-ring (bicyclic) bond motifs is 6. The summed E-state index contributed by atoms with van der Waals surface area (Å²) in [6.45, 7) is 0. The van der Waals surface area contributed by atoms with Crippen LogP contribution in [0, 0.1) is 0 Å². The van der Waals surface area contributed by atoms with Crippen molar-refractivity contribution >= 4 is 63.8 Å². The zero-order chi connectivity index (χ0) is 37.0. The van der Waals surface area contributed by atoms with Gasteiger partial charge in [-0.05, 0) is 17.7 Å². The van der Waals surface area contributed by atoms with Crippen molar-refractivity contribution in [2.75, 3.05) is 0 Å². The van der Waals surface area contributed by atoms with Gasteiger partial charge in [0.15, 0.2) is 17.5 Å². The highest BCUT2D eigenvalue weighted by molar-refractivity contribution is 7.27. The van der Waals surface area contributed by atoms with Crippen LogP contribution in [-0.2, 0) is 0 Å². The average molecular weight is 751 g/mol. The maximum Gasteiger partial charge on any atom is 0.164 e. The highest BCUT2D eigenvalue weighted by atomic mass is 32.1. The van der Waals surface area contributed by atoms with Gasteiger partial charge in [0.1, 0.15) is 0 Å². The summed E-state index contributed by atoms with van der Waals surface area (Å²) in [6.07, 6.45) is 0. The second kappa shape index (κ2) is 13.5. The van der Waals surface area contributed by atoms with E-state index in [0.717, 1.165) is 44.4 Å². The molecular formula is C50H30N4S2. The quantitative estimate of drug-likeness (QED) is 0.170. The Morgan fingerprint density at radius 3 is 1.52 bits per heavy atom. The standard InChI is InChI=1S/C50H30N4S2/c1-4-15-31(16-5-1)44-43-42(39-24-14-23-37-36-21-11-13-26-41(36)55-46(37)39)45(56-47(43)38-22-10-12-25-40(38)51-44)32-27-29-35(30-28-32)50-53-48(33-17-6-2-7-18-33)52-49(54-50)34-19-8-3-9-20-34/h1-30H. The third-order valence-electron chi connectivity index (χ3n) is 10.4. The summed E-state index contributed by atoms with van der Waals surface area (Å²) in [5.41, 5.74) is 9.49. The molecule has 7 aromatic carbocycles. The van der Waals surface area contributed by atoms with Crippen molar-refractivity contribution in [3.8, 4) is 67.0 Å². The lowest BCUT2D eigenvalue weighted by Gasteiger charge is -2.12. The fourth-order valence-corrected chi connectivity index (χ4v) is 10.3. The molecule has 0 unspecified atom stereocenters. The maximum absolute atomic E-state index is 5.40. The Labute approximate surface area is 331 Å². The molecule has 0 aliphatic rings. The highest BCUT2D eigenvalue weighted by Gasteiger charge is 2.25. The topological polar surface area (TPSA) is 51.6 Å². The lowest BCUT2D eigenvalue weighted by Crippen LogP contribution is -2.00. The number of hydrogen-bond acceptors (Lipinski definition) is 6. The van der Waals surface area contributed by atoms with E-state index in [2.05, 4.69) is 121 Å². The molecule has 11 aromatic rings. The predicted octanol–water partition coefficient (Wildman–Crippen LogP) is 14.0. The van der Waals surface area contributed by atoms with Gasteiger partial charge >= 0.3 is 0 Å². The largest absolute Gasteiger partial charge is 0.247 e. The Bertz CT molecular complexity index is 3170. The van der Waals surface area contributed by atoms with Crippen molar-refractivity contribution in [2.45, 2.75) is 0 Å². The Balaban J connectivity index is 1.16. The fourth-order valence-electron chi connectivity index (χ4n) is 7.70. The summed E-state index contributed by atoms with van der Waals surface area (Å²) in [4.78, 5) is 21.5. The number of nitrogens with zero attached hydrogens (tertiary/aromatic N) is 4. The molecule has 0 atom stereocenters. The van der Waals surface area contributed by atoms with E-state index in [-0.39, 0.29) is 0 Å². The van der Waals surface area contributed by atoms with Gasteiger partial charge in [0.25, 0.3) is 0 Å². The van der Waals surface area contributed by atoms with Gasteiger partial charge in [-0.25, -0.2) is 19.9 Å². The van der Waals surface area contributed by atoms with E-state index in [1.165, 1.54) is 46.3 Å². The van der Waals surface area contributed by atoms with Crippen LogP contribution in [0.1, 0.15) is 0 Å². The van der Waals surface area contributed by atoms with Gasteiger partial charge < -0.3 is 0 Å². The van der Waals surface area contributed by atoms with Crippen molar-refractivity contribution in [2.24, 2.45) is 0 Å². The zero-order valence-electron chi connectivity index (χ0n) is 29.9. The first-order valence-electron chi connectivity index (χ1n) is 18.6. The lowest BCUT2D eigenvalue weighted by molar-refractivity contribution is 1.07. The van der Waals surface area contributed by atoms with Crippen LogP contribution in [0.4, 0.5) is 0 Å². The molecule has 0 saturated heterocycles. The number of pyridine rings is 1. The molecule has 4 nitrogen and oxygen atoms in total. The van der Waals surface area contributed by atoms with Crippen LogP contribution < -0.4 is 0 Å². The van der Waals surface area contributed by atoms with E-state index in [9.17, 15) is 0 Å². The van der Waals surface area contributed by atoms with E-state index in [1.54, 1.807) is 0 Å². The maximum atomic E-state index is 5.40. The highest BCUT2D eigenvalue weighted by Crippen LogP contribution is 2.52. The van der Waals surface area contributed by atoms with Gasteiger partial charge in [0, 0.05) is 73.9 Å². The lowest BCUT2D eigenvalue weighted by atomic mass is 9.94. The van der Waals surface area contributed by atoms with Crippen LogP contribution in [-0.4, -0.2) is 19.9 Å². The zero-order valence-corrected chi connectivity index (χ0v) is 31.6. The van der Waals surface area contributed by atoms with Crippen LogP contribution in [0.15, 0.2) is 182 Å². The second-order valence-electron chi connectivity index (χ2n) is 13.8. The predicted molar refractivity (Wildman–Crippen MR) is 236 cm³/mol. The van der Waals surface area contributed by atoms with Crippen molar-refractivity contribution in [1.82, 2.24) is 19.9 Å². The van der Waals surface area contributed by atoms with Gasteiger partial charge in [-0.1, -0.05) is 170 Å². The summed E-state index contributed by atoms with van der Waals surface area (Å²) in [7, 11) is 0. The Kier molecular flexibility index (Phi) is 7.83. The molecule has 0 aliphatic carbocycles. The number of thiophene rings is 2. The van der Waals surface area contributed by atoms with Crippen LogP contribution >= 0.6 is 22.7 Å². The normalized spacial score (nSPS) is 11.6. The summed E-state index contributed by atoms with van der Waals surface area (Å²) < 4.78 is 3.80. The third kappa shape index (κ3) is 5.50. The summed E-state index contributed by atoms with van der Waals surface area (Å²) in [5, 5.41) is 4.90. The van der Waals surface area contributed by atoms with Crippen LogP contribution in [0.25, 0.3) is 108 Å². The minimum atomic E-state index is 0.637. The summed E-state index contributed by atoms with van der Waals surface area (Å²) in [6, 6.07) is 63.6. The monoisotopic (exact) mass is 750 g/mol. The van der Waals surface area contributed by atoms with Gasteiger partial charge in [-0.15, -0.1) is 22.7 Å². The summed E-state index contributed by atoms with van der Waals surface area (Å²) >= 11 is 3.71. The van der Waals surface area contributed by atoms with Crippen LogP contribution in [0.3, 0.4) is 0 Å². The number of rotatable bonds is 6. The molecule has 0 spiro atoms. The van der Waals surface area contributed by atoms with E-state index in [4.69, 9.17) is 19.9 Å². The molecule has 0 N–H and O–H groups in total. The molecule has 4 aromatic heterocycles. The molecule has 0 saturated carbocycles. The Morgan fingerprint density at radius 1 is 0.339 bits per heavy atom. The van der Waals surface area contributed by atoms with Crippen LogP contribution in [0.5, 0.6) is 0 Å². The van der Waals surface area contributed by atoms with E-state index >= 15 is 0 Å². The molecule has 0 bridgehead atoms. The van der Waals surface area contributed by atoms with E-state index < -0.39 is 0 Å². The van der Waals surface area contributed by atoms with Gasteiger partial charge in [0.05, 0.1) is 11.2 Å². The molecule has 0 radical (unpaired) electrons. The Hall–Kier alpha value is -6.86. The Morgan fingerprint density at radius 2 is 0.857 bits per heavy atom. The average Bonchev–Trinajstić information content (AvgIpc) is 3.87. The molecule has 6 heteroatoms. The van der Waals surface area contributed by atoms with Crippen molar-refractivity contribution < 1.29 is 0 Å². The first-order valence-corrected chi connectivity index (χ1v) is 20.2. The van der Waals surface area contributed by atoms with Gasteiger partial charge in [-0.2, -0.15) is 0 Å². The van der Waals surface area contributed by atoms with Gasteiger partial charge in [-0.3, -0.25) is 0 Å². The minimum absolute atomic E-state index is 0.637. The molecule has 4 heterocycles. The van der Waals surface area contributed by atoms with Crippen molar-refractivity contribution in [3.05, 3.63) is 182 Å². The number of hydrogen-bond donors (Lipinski definition) is 0. The summed E-state index contributed by atoms with van der Waals surface area (Å²) in [5.74, 6) is 1.93. The third-order valence-corrected chi connectivity index (χ3v) is 12.8. The fraction of sp³-hybridized carbons (Fsp3) is 0. The van der Waals surface area contributed by atoms with Crippen LogP contribution in [0.2, 0.25) is 0 Å². The smallest absolute Gasteiger partial charge is 0.164 e. The van der Waals surface area contributed by atoms with E-state index in [1.807, 2.05) is 83.3 Å². The van der Waals surface area contributed by atoms with Crippen molar-refractivity contribution in [1.29, 1.82) is 0 Å². The van der Waals surface area contributed by atoms with Crippen molar-refractivity contribution in [3.63, 3.8) is 0 Å².